The molecule has 0 fully saturated rings. The van der Waals surface area contributed by atoms with Crippen molar-refractivity contribution in [2.75, 3.05) is 6.61 Å². The van der Waals surface area contributed by atoms with Crippen LogP contribution >= 0.6 is 12.2 Å². The van der Waals surface area contributed by atoms with Gasteiger partial charge in [0.1, 0.15) is 22.5 Å². The van der Waals surface area contributed by atoms with Crippen molar-refractivity contribution in [3.05, 3.63) is 48.0 Å². The zero-order chi connectivity index (χ0) is 24.7. The molecule has 0 aliphatic carbocycles. The highest BCUT2D eigenvalue weighted by Crippen LogP contribution is 2.23. The summed E-state index contributed by atoms with van der Waals surface area (Å²) in [4.78, 5) is 1.49. The molecule has 35 heavy (non-hydrogen) atoms. The Balaban J connectivity index is 1.27. The van der Waals surface area contributed by atoms with Crippen molar-refractivity contribution >= 4 is 28.3 Å². The van der Waals surface area contributed by atoms with E-state index in [0.29, 0.717) is 23.8 Å². The third-order valence-corrected chi connectivity index (χ3v) is 6.75. The van der Waals surface area contributed by atoms with Crippen LogP contribution in [0, 0.1) is 0 Å². The second kappa shape index (κ2) is 15.5. The van der Waals surface area contributed by atoms with Crippen molar-refractivity contribution in [2.45, 2.75) is 96.8 Å². The summed E-state index contributed by atoms with van der Waals surface area (Å²) in [6.07, 6.45) is 17.7. The summed E-state index contributed by atoms with van der Waals surface area (Å²) >= 11 is 5.42. The van der Waals surface area contributed by atoms with Crippen LogP contribution in [0.2, 0.25) is 0 Å². The number of phenolic OH excluding ortho intramolecular Hbond substituents is 1. The number of unbranched alkanes of at least 4 members (excludes halogenated alkanes) is 11. The predicted octanol–water partition coefficient (Wildman–Crippen LogP) is 8.10. The molecule has 0 saturated carbocycles. The van der Waals surface area contributed by atoms with Crippen LogP contribution in [0.15, 0.2) is 42.5 Å². The molecule has 0 unspecified atom stereocenters. The molecule has 3 rings (SSSR count). The van der Waals surface area contributed by atoms with E-state index in [0.717, 1.165) is 29.4 Å². The van der Waals surface area contributed by atoms with Gasteiger partial charge in [0.2, 0.25) is 0 Å². The van der Waals surface area contributed by atoms with Crippen LogP contribution in [0.5, 0.6) is 5.75 Å². The van der Waals surface area contributed by atoms with Crippen LogP contribution in [-0.2, 0) is 11.2 Å². The zero-order valence-electron chi connectivity index (χ0n) is 21.3. The fourth-order valence-electron chi connectivity index (χ4n) is 4.32. The Bertz CT molecular complexity index is 1000. The fourth-order valence-corrected chi connectivity index (χ4v) is 4.55. The van der Waals surface area contributed by atoms with Crippen molar-refractivity contribution in [1.82, 2.24) is 15.0 Å². The van der Waals surface area contributed by atoms with Crippen molar-refractivity contribution < 1.29 is 9.84 Å². The number of hydrogen-bond acceptors (Lipinski definition) is 5. The molecule has 5 nitrogen and oxygen atoms in total. The first-order valence-electron chi connectivity index (χ1n) is 13.5. The Kier molecular flexibility index (Phi) is 12.0. The minimum Gasteiger partial charge on any atom is -0.506 e. The van der Waals surface area contributed by atoms with E-state index in [1.54, 1.807) is 6.07 Å². The van der Waals surface area contributed by atoms with Crippen LogP contribution in [0.4, 0.5) is 0 Å². The van der Waals surface area contributed by atoms with Gasteiger partial charge >= 0.3 is 0 Å². The highest BCUT2D eigenvalue weighted by atomic mass is 32.1. The molecule has 0 aliphatic heterocycles. The molecular formula is C29H41N3O2S. The van der Waals surface area contributed by atoms with E-state index >= 15 is 0 Å². The summed E-state index contributed by atoms with van der Waals surface area (Å²) in [5.74, 6) is 0.150. The van der Waals surface area contributed by atoms with Crippen molar-refractivity contribution in [3.63, 3.8) is 0 Å². The number of phenols is 1. The lowest BCUT2D eigenvalue weighted by Gasteiger charge is -2.09. The van der Waals surface area contributed by atoms with Crippen LogP contribution in [0.3, 0.4) is 0 Å². The number of nitrogens with zero attached hydrogens (tertiary/aromatic N) is 3. The maximum Gasteiger partial charge on any atom is 0.159 e. The maximum atomic E-state index is 10.3. The van der Waals surface area contributed by atoms with Gasteiger partial charge in [0.25, 0.3) is 0 Å². The lowest BCUT2D eigenvalue weighted by atomic mass is 10.0. The second-order valence-corrected chi connectivity index (χ2v) is 9.87. The molecule has 3 aromatic rings. The molecule has 2 aromatic carbocycles. The molecule has 0 radical (unpaired) electrons. The minimum absolute atomic E-state index is 0.150. The molecule has 0 aliphatic rings. The topological polar surface area (TPSA) is 60.2 Å². The first-order valence-corrected chi connectivity index (χ1v) is 13.9. The third-order valence-electron chi connectivity index (χ3n) is 6.43. The normalized spacial score (nSPS) is 11.2. The smallest absolute Gasteiger partial charge is 0.159 e. The molecule has 0 amide bonds. The van der Waals surface area contributed by atoms with E-state index < -0.39 is 0 Å². The van der Waals surface area contributed by atoms with E-state index in [1.165, 1.54) is 75.4 Å². The molecule has 0 bridgehead atoms. The lowest BCUT2D eigenvalue weighted by molar-refractivity contribution is 0.307. The molecule has 0 atom stereocenters. The highest BCUT2D eigenvalue weighted by molar-refractivity contribution is 7.80. The van der Waals surface area contributed by atoms with Gasteiger partial charge in [0, 0.05) is 12.8 Å². The van der Waals surface area contributed by atoms with Crippen LogP contribution in [-0.4, -0.2) is 31.8 Å². The van der Waals surface area contributed by atoms with Gasteiger partial charge in [-0.15, -0.1) is 15.0 Å². The number of aromatic nitrogens is 3. The first kappa shape index (κ1) is 27.1. The number of thiocarbonyl (C=S) groups is 1. The molecule has 1 aromatic heterocycles. The summed E-state index contributed by atoms with van der Waals surface area (Å²) in [6, 6.07) is 13.2. The molecule has 1 heterocycles. The molecule has 1 N–H and O–H groups in total. The Morgan fingerprint density at radius 3 is 2.00 bits per heavy atom. The Labute approximate surface area is 215 Å². The molecular weight excluding hydrogens is 454 g/mol. The summed E-state index contributed by atoms with van der Waals surface area (Å²) in [7, 11) is 0. The second-order valence-electron chi connectivity index (χ2n) is 9.41. The van der Waals surface area contributed by atoms with Gasteiger partial charge in [-0.1, -0.05) is 95.8 Å². The maximum absolute atomic E-state index is 10.3. The Morgan fingerprint density at radius 2 is 1.40 bits per heavy atom. The summed E-state index contributed by atoms with van der Waals surface area (Å²) < 4.78 is 5.80. The summed E-state index contributed by atoms with van der Waals surface area (Å²) in [5.41, 5.74) is 3.21. The largest absolute Gasteiger partial charge is 0.506 e. The SMILES string of the molecule is CCCCCCCCCCCCCCC(=S)OCCc1ccc(O)c(-n2nc3ccccc3n2)c1. The monoisotopic (exact) mass is 495 g/mol. The molecule has 0 saturated heterocycles. The number of rotatable bonds is 17. The Hall–Kier alpha value is -2.47. The van der Waals surface area contributed by atoms with Gasteiger partial charge in [-0.25, -0.2) is 0 Å². The molecule has 0 spiro atoms. The van der Waals surface area contributed by atoms with Gasteiger partial charge < -0.3 is 9.84 Å². The predicted molar refractivity (Wildman–Crippen MR) is 148 cm³/mol. The number of hydrogen-bond donors (Lipinski definition) is 1. The van der Waals surface area contributed by atoms with Crippen LogP contribution in [0.25, 0.3) is 16.7 Å². The van der Waals surface area contributed by atoms with Gasteiger partial charge in [0.05, 0.1) is 6.61 Å². The standard InChI is InChI=1S/C29H41N3O2S/c1-2-3-4-5-6-7-8-9-10-11-12-13-18-29(35)34-22-21-24-19-20-28(33)27(23-24)32-30-25-16-14-15-17-26(25)31-32/h14-17,19-20,23,33H,2-13,18,21-22H2,1H3. The van der Waals surface area contributed by atoms with E-state index in [2.05, 4.69) is 17.1 Å². The third kappa shape index (κ3) is 9.60. The van der Waals surface area contributed by atoms with E-state index in [1.807, 2.05) is 36.4 Å². The van der Waals surface area contributed by atoms with Crippen molar-refractivity contribution in [2.24, 2.45) is 0 Å². The van der Waals surface area contributed by atoms with E-state index in [-0.39, 0.29) is 5.75 Å². The zero-order valence-corrected chi connectivity index (χ0v) is 22.1. The summed E-state index contributed by atoms with van der Waals surface area (Å²) in [6.45, 7) is 2.81. The average Bonchev–Trinajstić information content (AvgIpc) is 3.30. The van der Waals surface area contributed by atoms with Crippen LogP contribution < -0.4 is 0 Å². The number of fused-ring (bicyclic) bond motifs is 1. The van der Waals surface area contributed by atoms with Crippen molar-refractivity contribution in [3.8, 4) is 11.4 Å². The quantitative estimate of drug-likeness (QED) is 0.151. The van der Waals surface area contributed by atoms with Crippen molar-refractivity contribution in [1.29, 1.82) is 0 Å². The van der Waals surface area contributed by atoms with Gasteiger partial charge in [-0.2, -0.15) is 0 Å². The van der Waals surface area contributed by atoms with Crippen LogP contribution in [0.1, 0.15) is 96.0 Å². The highest BCUT2D eigenvalue weighted by Gasteiger charge is 2.10. The van der Waals surface area contributed by atoms with Gasteiger partial charge in [0.15, 0.2) is 5.05 Å². The number of aromatic hydroxyl groups is 1. The lowest BCUT2D eigenvalue weighted by Crippen LogP contribution is -2.06. The molecule has 6 heteroatoms. The first-order chi connectivity index (χ1) is 17.2. The van der Waals surface area contributed by atoms with Gasteiger partial charge in [-0.05, 0) is 48.5 Å². The van der Waals surface area contributed by atoms with E-state index in [9.17, 15) is 5.11 Å². The van der Waals surface area contributed by atoms with Gasteiger partial charge in [-0.3, -0.25) is 0 Å². The van der Waals surface area contributed by atoms with E-state index in [4.69, 9.17) is 17.0 Å². The fraction of sp³-hybridized carbons (Fsp3) is 0.552. The average molecular weight is 496 g/mol. The summed E-state index contributed by atoms with van der Waals surface area (Å²) in [5, 5.41) is 20.0. The number of benzene rings is 2. The Morgan fingerprint density at radius 1 is 0.829 bits per heavy atom. The number of ether oxygens (including phenoxy) is 1. The molecule has 190 valence electrons. The minimum atomic E-state index is 0.150.